The molecular formula is C18H20NNaO11S. The summed E-state index contributed by atoms with van der Waals surface area (Å²) in [5.41, 5.74) is 0.113. The summed E-state index contributed by atoms with van der Waals surface area (Å²) in [5.74, 6) is -0.827. The maximum atomic E-state index is 12.1. The van der Waals surface area contributed by atoms with Gasteiger partial charge in [-0.25, -0.2) is 8.98 Å². The molecule has 3 N–H and O–H groups in total. The number of carbonyl (C=O) groups is 1. The minimum absolute atomic E-state index is 0. The summed E-state index contributed by atoms with van der Waals surface area (Å²) >= 11 is 0. The molecule has 0 saturated carbocycles. The van der Waals surface area contributed by atoms with Crippen LogP contribution in [0.2, 0.25) is 0 Å². The van der Waals surface area contributed by atoms with Gasteiger partial charge in [-0.1, -0.05) is 0 Å². The van der Waals surface area contributed by atoms with Crippen molar-refractivity contribution in [2.24, 2.45) is 0 Å². The van der Waals surface area contributed by atoms with E-state index in [0.29, 0.717) is 10.9 Å². The van der Waals surface area contributed by atoms with E-state index in [-0.39, 0.29) is 40.9 Å². The Morgan fingerprint density at radius 2 is 1.94 bits per heavy atom. The van der Waals surface area contributed by atoms with Crippen molar-refractivity contribution in [1.82, 2.24) is 5.32 Å². The molecule has 0 unspecified atom stereocenters. The summed E-state index contributed by atoms with van der Waals surface area (Å²) in [6, 6.07) is 3.86. The molecule has 12 nitrogen and oxygen atoms in total. The number of benzene rings is 1. The summed E-state index contributed by atoms with van der Waals surface area (Å²) in [6.45, 7) is 1.96. The van der Waals surface area contributed by atoms with Gasteiger partial charge in [0.25, 0.3) is 0 Å². The second kappa shape index (κ2) is 10.6. The molecule has 1 fully saturated rings. The first-order chi connectivity index (χ1) is 14.5. The fourth-order valence-corrected chi connectivity index (χ4v) is 3.79. The molecule has 2 heterocycles. The molecule has 3 rings (SSSR count). The molecule has 1 aromatic heterocycles. The molecule has 1 saturated heterocycles. The third-order valence-electron chi connectivity index (χ3n) is 4.57. The molecule has 0 bridgehead atoms. The first-order valence-electron chi connectivity index (χ1n) is 9.05. The van der Waals surface area contributed by atoms with E-state index in [1.165, 1.54) is 24.3 Å². The number of hydrogen-bond donors (Lipinski definition) is 3. The van der Waals surface area contributed by atoms with E-state index < -0.39 is 59.2 Å². The van der Waals surface area contributed by atoms with Crippen LogP contribution in [0.15, 0.2) is 33.5 Å². The van der Waals surface area contributed by atoms with Crippen LogP contribution in [0.4, 0.5) is 0 Å². The van der Waals surface area contributed by atoms with Crippen LogP contribution in [-0.2, 0) is 24.1 Å². The SMILES string of the molecule is CC(=O)N[C@@H]1[C@@H](O)[C@H](O)[C@@H](COS(=O)(=O)Oc2ccc3c(C)cc(=O)oc3c2)O[C@H]1[O-].[Na+]. The largest absolute Gasteiger partial charge is 1.00 e. The fourth-order valence-electron chi connectivity index (χ4n) is 3.11. The quantitative estimate of drug-likeness (QED) is 0.265. The zero-order chi connectivity index (χ0) is 22.9. The number of aliphatic hydroxyl groups excluding tert-OH is 2. The predicted octanol–water partition coefficient (Wildman–Crippen LogP) is -4.94. The van der Waals surface area contributed by atoms with E-state index in [1.54, 1.807) is 6.92 Å². The van der Waals surface area contributed by atoms with Gasteiger partial charge in [0.05, 0.1) is 12.6 Å². The number of fused-ring (bicyclic) bond motifs is 1. The average Bonchev–Trinajstić information content (AvgIpc) is 2.66. The van der Waals surface area contributed by atoms with Gasteiger partial charge in [0.1, 0.15) is 29.6 Å². The van der Waals surface area contributed by atoms with Crippen molar-refractivity contribution in [3.05, 3.63) is 40.2 Å². The Balaban J connectivity index is 0.00000363. The van der Waals surface area contributed by atoms with E-state index in [1.807, 2.05) is 0 Å². The number of aliphatic hydroxyl groups is 2. The van der Waals surface area contributed by atoms with Gasteiger partial charge in [-0.05, 0) is 24.6 Å². The number of amides is 1. The van der Waals surface area contributed by atoms with Crippen molar-refractivity contribution in [2.75, 3.05) is 6.61 Å². The Morgan fingerprint density at radius 3 is 2.59 bits per heavy atom. The van der Waals surface area contributed by atoms with Gasteiger partial charge >= 0.3 is 45.6 Å². The van der Waals surface area contributed by atoms with Crippen molar-refractivity contribution in [3.8, 4) is 5.75 Å². The first kappa shape index (κ1) is 26.7. The maximum Gasteiger partial charge on any atom is 1.00 e. The van der Waals surface area contributed by atoms with E-state index in [2.05, 4.69) is 9.50 Å². The third kappa shape index (κ3) is 6.27. The molecule has 0 spiro atoms. The van der Waals surface area contributed by atoms with Gasteiger partial charge in [0, 0.05) is 30.7 Å². The number of rotatable bonds is 6. The Bertz CT molecular complexity index is 1140. The van der Waals surface area contributed by atoms with E-state index >= 15 is 0 Å². The normalized spacial score (nSPS) is 25.7. The van der Waals surface area contributed by atoms with E-state index in [0.717, 1.165) is 6.92 Å². The Labute approximate surface area is 204 Å². The van der Waals surface area contributed by atoms with Crippen LogP contribution in [0.25, 0.3) is 11.0 Å². The van der Waals surface area contributed by atoms with Crippen molar-refractivity contribution in [2.45, 2.75) is 44.5 Å². The molecule has 1 amide bonds. The predicted molar refractivity (Wildman–Crippen MR) is 101 cm³/mol. The van der Waals surface area contributed by atoms with Crippen molar-refractivity contribution in [1.29, 1.82) is 0 Å². The zero-order valence-corrected chi connectivity index (χ0v) is 20.2. The molecule has 1 aliphatic rings. The van der Waals surface area contributed by atoms with Crippen LogP contribution in [0, 0.1) is 6.92 Å². The van der Waals surface area contributed by atoms with Crippen LogP contribution in [0.1, 0.15) is 12.5 Å². The fraction of sp³-hybridized carbons (Fsp3) is 0.444. The summed E-state index contributed by atoms with van der Waals surface area (Å²) in [4.78, 5) is 22.6. The molecule has 14 heteroatoms. The second-order valence-corrected chi connectivity index (χ2v) is 8.15. The smallest absolute Gasteiger partial charge is 0.829 e. The number of nitrogens with one attached hydrogen (secondary N) is 1. The Kier molecular flexibility index (Phi) is 8.83. The van der Waals surface area contributed by atoms with Gasteiger partial charge in [-0.15, -0.1) is 0 Å². The molecular weight excluding hydrogens is 461 g/mol. The minimum atomic E-state index is -4.68. The molecule has 0 aliphatic carbocycles. The summed E-state index contributed by atoms with van der Waals surface area (Å²) in [5, 5.41) is 34.8. The molecule has 2 aromatic rings. The van der Waals surface area contributed by atoms with Crippen LogP contribution < -0.4 is 49.8 Å². The number of ether oxygens (including phenoxy) is 1. The average molecular weight is 481 g/mol. The maximum absolute atomic E-state index is 12.1. The van der Waals surface area contributed by atoms with Gasteiger partial charge in [0.2, 0.25) is 5.91 Å². The molecule has 0 radical (unpaired) electrons. The van der Waals surface area contributed by atoms with E-state index in [4.69, 9.17) is 13.3 Å². The zero-order valence-electron chi connectivity index (χ0n) is 17.4. The molecule has 32 heavy (non-hydrogen) atoms. The first-order valence-corrected chi connectivity index (χ1v) is 10.4. The van der Waals surface area contributed by atoms with Gasteiger partial charge in [0.15, 0.2) is 0 Å². The second-order valence-electron chi connectivity index (χ2n) is 6.93. The standard InChI is InChI=1S/C18H20NO11S.Na/c1-8-5-14(21)28-12-6-10(3-4-11(8)12)30-31(25,26)27-7-13-16(22)17(23)15(18(24)29-13)19-9(2)20;/h3-6,13,15-18,22-23H,7H2,1-2H3,(H,19,20);/q-1;+1/t13-,15-,16-,17-,18-;/m1./s1. The van der Waals surface area contributed by atoms with Crippen LogP contribution in [-0.4, -0.2) is 61.8 Å². The number of carbonyl (C=O) groups excluding carboxylic acids is 1. The Morgan fingerprint density at radius 1 is 1.25 bits per heavy atom. The minimum Gasteiger partial charge on any atom is -0.829 e. The Hall–Kier alpha value is -1.55. The molecule has 1 aliphatic heterocycles. The topological polar surface area (TPSA) is 185 Å². The van der Waals surface area contributed by atoms with E-state index in [9.17, 15) is 33.3 Å². The van der Waals surface area contributed by atoms with Gasteiger partial charge < -0.3 is 34.0 Å². The van der Waals surface area contributed by atoms with Crippen LogP contribution in [0.5, 0.6) is 5.75 Å². The third-order valence-corrected chi connectivity index (χ3v) is 5.39. The molecule has 170 valence electrons. The van der Waals surface area contributed by atoms with Gasteiger partial charge in [-0.2, -0.15) is 8.42 Å². The molecule has 5 atom stereocenters. The van der Waals surface area contributed by atoms with Crippen LogP contribution in [0.3, 0.4) is 0 Å². The summed E-state index contributed by atoms with van der Waals surface area (Å²) in [6.07, 6.45) is -6.89. The van der Waals surface area contributed by atoms with Gasteiger partial charge in [-0.3, -0.25) is 4.79 Å². The summed E-state index contributed by atoms with van der Waals surface area (Å²) in [7, 11) is -4.68. The number of aryl methyl sites for hydroxylation is 1. The molecule has 1 aromatic carbocycles. The number of hydrogen-bond acceptors (Lipinski definition) is 11. The monoisotopic (exact) mass is 481 g/mol. The van der Waals surface area contributed by atoms with Crippen LogP contribution >= 0.6 is 0 Å². The van der Waals surface area contributed by atoms with Crippen molar-refractivity contribution >= 4 is 27.3 Å². The van der Waals surface area contributed by atoms with Crippen molar-refractivity contribution < 1.29 is 75.6 Å². The summed E-state index contributed by atoms with van der Waals surface area (Å²) < 4.78 is 43.6. The van der Waals surface area contributed by atoms with Crippen molar-refractivity contribution in [3.63, 3.8) is 0 Å².